The number of likely N-dealkylation sites (tertiary alicyclic amines) is 1. The molecule has 32 heavy (non-hydrogen) atoms. The van der Waals surface area contributed by atoms with E-state index in [0.29, 0.717) is 19.1 Å². The SMILES string of the molecule is O=C(O)C1CN(C2Cc3ccc(-c4cc5cc(Cc6ccccc6)ccc5o4)cc3C2)C1. The second-order valence-electron chi connectivity index (χ2n) is 9.18. The Morgan fingerprint density at radius 3 is 2.53 bits per heavy atom. The predicted octanol–water partition coefficient (Wildman–Crippen LogP) is 5.17. The van der Waals surface area contributed by atoms with Crippen LogP contribution in [0.15, 0.2) is 77.2 Å². The zero-order chi connectivity index (χ0) is 21.7. The maximum atomic E-state index is 11.1. The summed E-state index contributed by atoms with van der Waals surface area (Å²) in [7, 11) is 0. The summed E-state index contributed by atoms with van der Waals surface area (Å²) >= 11 is 0. The predicted molar refractivity (Wildman–Crippen MR) is 125 cm³/mol. The lowest BCUT2D eigenvalue weighted by Crippen LogP contribution is -2.55. The van der Waals surface area contributed by atoms with Crippen LogP contribution in [0.3, 0.4) is 0 Å². The Bertz CT molecular complexity index is 1300. The zero-order valence-corrected chi connectivity index (χ0v) is 17.8. The fourth-order valence-electron chi connectivity index (χ4n) is 5.15. The van der Waals surface area contributed by atoms with Gasteiger partial charge in [0.25, 0.3) is 0 Å². The molecule has 0 bridgehead atoms. The summed E-state index contributed by atoms with van der Waals surface area (Å²) in [6.45, 7) is 1.35. The molecule has 0 amide bonds. The van der Waals surface area contributed by atoms with Crippen LogP contribution in [0.2, 0.25) is 0 Å². The van der Waals surface area contributed by atoms with E-state index in [2.05, 4.69) is 71.6 Å². The van der Waals surface area contributed by atoms with Crippen molar-refractivity contribution >= 4 is 16.9 Å². The Kier molecular flexibility index (Phi) is 4.62. The van der Waals surface area contributed by atoms with Crippen LogP contribution in [0.4, 0.5) is 0 Å². The molecule has 0 radical (unpaired) electrons. The van der Waals surface area contributed by atoms with Gasteiger partial charge in [-0.05, 0) is 65.8 Å². The first-order valence-electron chi connectivity index (χ1n) is 11.3. The smallest absolute Gasteiger partial charge is 0.309 e. The number of hydrogen-bond acceptors (Lipinski definition) is 3. The maximum Gasteiger partial charge on any atom is 0.309 e. The molecule has 3 aromatic carbocycles. The van der Waals surface area contributed by atoms with Crippen LogP contribution in [-0.2, 0) is 24.1 Å². The van der Waals surface area contributed by atoms with E-state index < -0.39 is 5.97 Å². The van der Waals surface area contributed by atoms with Crippen molar-refractivity contribution in [1.82, 2.24) is 4.90 Å². The molecule has 4 nitrogen and oxygen atoms in total. The fraction of sp³-hybridized carbons (Fsp3) is 0.250. The number of carboxylic acids is 1. The molecule has 1 aromatic heterocycles. The molecule has 160 valence electrons. The van der Waals surface area contributed by atoms with E-state index in [1.165, 1.54) is 22.3 Å². The molecule has 6 rings (SSSR count). The molecule has 2 heterocycles. The van der Waals surface area contributed by atoms with Gasteiger partial charge in [-0.15, -0.1) is 0 Å². The molecule has 2 aliphatic rings. The van der Waals surface area contributed by atoms with Crippen molar-refractivity contribution in [3.05, 3.63) is 95.1 Å². The minimum atomic E-state index is -0.671. The molecular formula is C28H25NO3. The summed E-state index contributed by atoms with van der Waals surface area (Å²) in [6, 6.07) is 26.2. The first-order chi connectivity index (χ1) is 15.6. The van der Waals surface area contributed by atoms with E-state index in [9.17, 15) is 4.79 Å². The highest BCUT2D eigenvalue weighted by atomic mass is 16.4. The Morgan fingerprint density at radius 2 is 1.72 bits per heavy atom. The molecule has 1 saturated heterocycles. The second kappa shape index (κ2) is 7.64. The summed E-state index contributed by atoms with van der Waals surface area (Å²) < 4.78 is 6.19. The Labute approximate surface area is 187 Å². The van der Waals surface area contributed by atoms with Gasteiger partial charge < -0.3 is 9.52 Å². The van der Waals surface area contributed by atoms with Crippen LogP contribution >= 0.6 is 0 Å². The summed E-state index contributed by atoms with van der Waals surface area (Å²) in [4.78, 5) is 13.4. The van der Waals surface area contributed by atoms with Gasteiger partial charge >= 0.3 is 5.97 Å². The summed E-state index contributed by atoms with van der Waals surface area (Å²) in [6.07, 6.45) is 2.90. The molecule has 4 aromatic rings. The maximum absolute atomic E-state index is 11.1. The minimum Gasteiger partial charge on any atom is -0.481 e. The largest absolute Gasteiger partial charge is 0.481 e. The van der Waals surface area contributed by atoms with Gasteiger partial charge in [0.2, 0.25) is 0 Å². The second-order valence-corrected chi connectivity index (χ2v) is 9.18. The summed E-state index contributed by atoms with van der Waals surface area (Å²) in [5.74, 6) is 0.0328. The molecule has 4 heteroatoms. The molecule has 1 unspecified atom stereocenters. The van der Waals surface area contributed by atoms with Crippen molar-refractivity contribution in [1.29, 1.82) is 0 Å². The van der Waals surface area contributed by atoms with E-state index in [-0.39, 0.29) is 5.92 Å². The van der Waals surface area contributed by atoms with Crippen molar-refractivity contribution in [2.75, 3.05) is 13.1 Å². The van der Waals surface area contributed by atoms with Crippen molar-refractivity contribution in [3.8, 4) is 11.3 Å². The van der Waals surface area contributed by atoms with Crippen LogP contribution < -0.4 is 0 Å². The Balaban J connectivity index is 1.21. The Hall–Kier alpha value is -3.37. The average molecular weight is 424 g/mol. The number of carbonyl (C=O) groups is 1. The van der Waals surface area contributed by atoms with Gasteiger partial charge in [0, 0.05) is 30.1 Å². The minimum absolute atomic E-state index is 0.198. The van der Waals surface area contributed by atoms with Gasteiger partial charge in [0.05, 0.1) is 5.92 Å². The van der Waals surface area contributed by atoms with E-state index >= 15 is 0 Å². The fourth-order valence-corrected chi connectivity index (χ4v) is 5.15. The normalized spacial score (nSPS) is 18.6. The van der Waals surface area contributed by atoms with E-state index in [0.717, 1.165) is 41.6 Å². The highest BCUT2D eigenvalue weighted by Gasteiger charge is 2.38. The third kappa shape index (κ3) is 3.51. The lowest BCUT2D eigenvalue weighted by atomic mass is 9.97. The van der Waals surface area contributed by atoms with Gasteiger partial charge in [0.1, 0.15) is 11.3 Å². The van der Waals surface area contributed by atoms with Gasteiger partial charge in [-0.1, -0.05) is 48.5 Å². The average Bonchev–Trinajstić information content (AvgIpc) is 3.36. The summed E-state index contributed by atoms with van der Waals surface area (Å²) in [5, 5.41) is 10.3. The lowest BCUT2D eigenvalue weighted by molar-refractivity contribution is -0.148. The number of hydrogen-bond donors (Lipinski definition) is 1. The zero-order valence-electron chi connectivity index (χ0n) is 17.8. The quantitative estimate of drug-likeness (QED) is 0.481. The number of aliphatic carboxylic acids is 1. The molecular weight excluding hydrogens is 398 g/mol. The molecule has 1 atom stereocenters. The van der Waals surface area contributed by atoms with Crippen molar-refractivity contribution < 1.29 is 14.3 Å². The van der Waals surface area contributed by atoms with E-state index in [4.69, 9.17) is 9.52 Å². The van der Waals surface area contributed by atoms with Crippen LogP contribution in [0.1, 0.15) is 22.3 Å². The van der Waals surface area contributed by atoms with Gasteiger partial charge in [-0.3, -0.25) is 9.69 Å². The highest BCUT2D eigenvalue weighted by Crippen LogP contribution is 2.35. The molecule has 0 saturated carbocycles. The Morgan fingerprint density at radius 1 is 0.906 bits per heavy atom. The van der Waals surface area contributed by atoms with Gasteiger partial charge in [-0.25, -0.2) is 0 Å². The lowest BCUT2D eigenvalue weighted by Gasteiger charge is -2.41. The molecule has 1 N–H and O–H groups in total. The summed E-state index contributed by atoms with van der Waals surface area (Å²) in [5.41, 5.74) is 7.34. The topological polar surface area (TPSA) is 53.7 Å². The standard InChI is InChI=1S/C28H25NO3/c30-28(31)24-16-29(17-24)25-13-20-7-8-21(12-22(20)14-25)27-15-23-11-19(6-9-26(23)32-27)10-18-4-2-1-3-5-18/h1-9,11-12,15,24-25H,10,13-14,16-17H2,(H,30,31). The van der Waals surface area contributed by atoms with Crippen LogP contribution in [0, 0.1) is 5.92 Å². The number of carboxylic acid groups (broad SMARTS) is 1. The molecule has 1 aliphatic carbocycles. The molecule has 1 fully saturated rings. The first-order valence-corrected chi connectivity index (χ1v) is 11.3. The van der Waals surface area contributed by atoms with E-state index in [1.54, 1.807) is 0 Å². The third-order valence-corrected chi connectivity index (χ3v) is 7.01. The van der Waals surface area contributed by atoms with Gasteiger partial charge in [-0.2, -0.15) is 0 Å². The van der Waals surface area contributed by atoms with Crippen LogP contribution in [0.25, 0.3) is 22.3 Å². The number of nitrogens with zero attached hydrogens (tertiary/aromatic N) is 1. The van der Waals surface area contributed by atoms with Gasteiger partial charge in [0.15, 0.2) is 0 Å². The molecule has 1 aliphatic heterocycles. The van der Waals surface area contributed by atoms with Crippen molar-refractivity contribution in [2.45, 2.75) is 25.3 Å². The number of rotatable bonds is 5. The van der Waals surface area contributed by atoms with Crippen LogP contribution in [-0.4, -0.2) is 35.1 Å². The number of furan rings is 1. The monoisotopic (exact) mass is 423 g/mol. The van der Waals surface area contributed by atoms with Crippen molar-refractivity contribution in [3.63, 3.8) is 0 Å². The highest BCUT2D eigenvalue weighted by molar-refractivity contribution is 5.83. The number of benzene rings is 3. The first kappa shape index (κ1) is 19.3. The van der Waals surface area contributed by atoms with E-state index in [1.807, 2.05) is 6.07 Å². The number of fused-ring (bicyclic) bond motifs is 2. The molecule has 0 spiro atoms. The third-order valence-electron chi connectivity index (χ3n) is 7.01. The van der Waals surface area contributed by atoms with Crippen molar-refractivity contribution in [2.24, 2.45) is 5.92 Å². The van der Waals surface area contributed by atoms with Crippen LogP contribution in [0.5, 0.6) is 0 Å².